The molecule has 4 rings (SSSR count). The highest BCUT2D eigenvalue weighted by Crippen LogP contribution is 2.65. The third kappa shape index (κ3) is 4.17. The predicted molar refractivity (Wildman–Crippen MR) is 147 cm³/mol. The molecular formula is C29H38ClN3O5. The molecule has 2 bridgehead atoms. The first-order valence-electron chi connectivity index (χ1n) is 13.3. The van der Waals surface area contributed by atoms with Crippen LogP contribution >= 0.6 is 11.6 Å². The van der Waals surface area contributed by atoms with Crippen molar-refractivity contribution in [3.8, 4) is 0 Å². The third-order valence-electron chi connectivity index (χ3n) is 8.69. The summed E-state index contributed by atoms with van der Waals surface area (Å²) in [5, 5.41) is 10.8. The third-order valence-corrected chi connectivity index (χ3v) is 8.94. The highest BCUT2D eigenvalue weighted by atomic mass is 35.5. The molecular weight excluding hydrogens is 506 g/mol. The molecule has 3 aliphatic heterocycles. The lowest BCUT2D eigenvalue weighted by atomic mass is 9.64. The number of fused-ring (bicyclic) bond motifs is 1. The lowest BCUT2D eigenvalue weighted by molar-refractivity contribution is -0.153. The summed E-state index contributed by atoms with van der Waals surface area (Å²) < 4.78 is 6.83. The molecule has 38 heavy (non-hydrogen) atoms. The second-order valence-corrected chi connectivity index (χ2v) is 11.0. The molecule has 1 aromatic rings. The second-order valence-electron chi connectivity index (χ2n) is 10.5. The number of hydrogen-bond acceptors (Lipinski definition) is 5. The largest absolute Gasteiger partial charge is 0.394 e. The van der Waals surface area contributed by atoms with Gasteiger partial charge >= 0.3 is 0 Å². The molecule has 1 aromatic carbocycles. The van der Waals surface area contributed by atoms with Gasteiger partial charge in [-0.25, -0.2) is 0 Å². The molecule has 1 spiro atoms. The first kappa shape index (κ1) is 28.3. The normalized spacial score (nSPS) is 30.2. The average molecular weight is 544 g/mol. The highest BCUT2D eigenvalue weighted by molar-refractivity contribution is 6.30. The van der Waals surface area contributed by atoms with Crippen molar-refractivity contribution >= 4 is 35.0 Å². The summed E-state index contributed by atoms with van der Waals surface area (Å²) in [7, 11) is 1.70. The van der Waals surface area contributed by atoms with Gasteiger partial charge in [0.2, 0.25) is 11.8 Å². The van der Waals surface area contributed by atoms with E-state index in [-0.39, 0.29) is 30.9 Å². The van der Waals surface area contributed by atoms with Crippen molar-refractivity contribution in [3.05, 3.63) is 54.6 Å². The van der Waals surface area contributed by atoms with E-state index in [0.29, 0.717) is 42.9 Å². The van der Waals surface area contributed by atoms with Crippen LogP contribution in [0.15, 0.2) is 49.6 Å². The Kier molecular flexibility index (Phi) is 8.07. The molecule has 8 nitrogen and oxygen atoms in total. The minimum absolute atomic E-state index is 0.183. The maximum absolute atomic E-state index is 14.5. The van der Waals surface area contributed by atoms with Crippen molar-refractivity contribution in [2.75, 3.05) is 31.6 Å². The summed E-state index contributed by atoms with van der Waals surface area (Å²) in [6.45, 7) is 11.7. The molecule has 3 saturated heterocycles. The molecule has 3 aliphatic rings. The van der Waals surface area contributed by atoms with Crippen molar-refractivity contribution in [1.29, 1.82) is 0 Å². The number of benzene rings is 1. The maximum Gasteiger partial charge on any atom is 0.253 e. The Hall–Kier alpha value is -2.68. The Morgan fingerprint density at radius 1 is 1.18 bits per heavy atom. The van der Waals surface area contributed by atoms with Crippen LogP contribution in [0.2, 0.25) is 5.02 Å². The fraction of sp³-hybridized carbons (Fsp3) is 0.552. The van der Waals surface area contributed by atoms with Crippen molar-refractivity contribution in [3.63, 3.8) is 0 Å². The molecule has 2 unspecified atom stereocenters. The molecule has 206 valence electrons. The second kappa shape index (κ2) is 10.8. The van der Waals surface area contributed by atoms with Gasteiger partial charge in [0.25, 0.3) is 5.91 Å². The fourth-order valence-electron chi connectivity index (χ4n) is 6.86. The number of likely N-dealkylation sites (tertiary alicyclic amines) is 1. The monoisotopic (exact) mass is 543 g/mol. The van der Waals surface area contributed by atoms with Gasteiger partial charge in [0.15, 0.2) is 0 Å². The molecule has 6 atom stereocenters. The van der Waals surface area contributed by atoms with Gasteiger partial charge < -0.3 is 24.5 Å². The molecule has 0 radical (unpaired) electrons. The van der Waals surface area contributed by atoms with Crippen molar-refractivity contribution in [1.82, 2.24) is 9.80 Å². The number of carbonyl (C=O) groups is 3. The van der Waals surface area contributed by atoms with E-state index in [0.717, 1.165) is 0 Å². The molecule has 9 heteroatoms. The topological polar surface area (TPSA) is 90.4 Å². The predicted octanol–water partition coefficient (Wildman–Crippen LogP) is 3.43. The first-order chi connectivity index (χ1) is 18.2. The van der Waals surface area contributed by atoms with E-state index in [4.69, 9.17) is 16.3 Å². The van der Waals surface area contributed by atoms with Crippen LogP contribution in [0.1, 0.15) is 39.5 Å². The average Bonchev–Trinajstić information content (AvgIpc) is 3.52. The van der Waals surface area contributed by atoms with Gasteiger partial charge in [-0.15, -0.1) is 13.2 Å². The highest BCUT2D eigenvalue weighted by Gasteiger charge is 2.79. The summed E-state index contributed by atoms with van der Waals surface area (Å²) in [6.07, 6.45) is 5.32. The minimum Gasteiger partial charge on any atom is -0.394 e. The number of nitrogens with zero attached hydrogens (tertiary/aromatic N) is 3. The summed E-state index contributed by atoms with van der Waals surface area (Å²) in [5.41, 5.74) is -1.39. The van der Waals surface area contributed by atoms with Crippen LogP contribution in [0.4, 0.5) is 5.69 Å². The number of halogens is 1. The van der Waals surface area contributed by atoms with Crippen LogP contribution in [0.5, 0.6) is 0 Å². The first-order valence-corrected chi connectivity index (χ1v) is 13.7. The lowest BCUT2D eigenvalue weighted by Crippen LogP contribution is -2.59. The molecule has 3 amide bonds. The number of amides is 3. The zero-order valence-electron chi connectivity index (χ0n) is 22.4. The molecule has 3 heterocycles. The Balaban J connectivity index is 1.86. The standard InChI is InChI=1S/C29H38ClN3O5/c1-6-16-31(5)25(35)22-23-26(36)33(20(8-3)18-34)24(29(23)15-14-28(22,9-4)38-29)27(37)32(17-7-2)21-12-10-19(30)11-13-21/h6-7,10-13,20,22-24,34H,1-2,8-9,14-18H2,3-5H3/t20-,22-,23-,24?,28+,29?/m0/s1. The summed E-state index contributed by atoms with van der Waals surface area (Å²) >= 11 is 6.10. The molecule has 3 fully saturated rings. The van der Waals surface area contributed by atoms with E-state index in [1.165, 1.54) is 4.90 Å². The van der Waals surface area contributed by atoms with E-state index in [9.17, 15) is 19.5 Å². The van der Waals surface area contributed by atoms with E-state index in [1.54, 1.807) is 53.3 Å². The number of anilines is 1. The van der Waals surface area contributed by atoms with Gasteiger partial charge in [-0.3, -0.25) is 14.4 Å². The number of carbonyl (C=O) groups excluding carboxylic acids is 3. The van der Waals surface area contributed by atoms with Gasteiger partial charge in [-0.1, -0.05) is 37.6 Å². The van der Waals surface area contributed by atoms with Crippen LogP contribution in [0, 0.1) is 11.8 Å². The SMILES string of the molecule is C=CCN(C)C(=O)[C@@H]1[C@H]2C(=O)N([C@@H](CC)CO)C(C(=O)N(CC=C)c3ccc(Cl)cc3)C23CC[C@@]1(CC)O3. The minimum atomic E-state index is -1.17. The zero-order valence-corrected chi connectivity index (χ0v) is 23.2. The number of ether oxygens (including phenoxy) is 1. The lowest BCUT2D eigenvalue weighted by Gasteiger charge is -2.39. The number of aliphatic hydroxyl groups excluding tert-OH is 1. The summed E-state index contributed by atoms with van der Waals surface area (Å²) in [4.78, 5) is 47.3. The summed E-state index contributed by atoms with van der Waals surface area (Å²) in [5.74, 6) is -2.36. The Morgan fingerprint density at radius 2 is 1.84 bits per heavy atom. The fourth-order valence-corrected chi connectivity index (χ4v) is 6.99. The van der Waals surface area contributed by atoms with Gasteiger partial charge in [0.1, 0.15) is 11.6 Å². The zero-order chi connectivity index (χ0) is 27.8. The van der Waals surface area contributed by atoms with Crippen LogP contribution < -0.4 is 4.90 Å². The number of rotatable bonds is 11. The van der Waals surface area contributed by atoms with Gasteiger partial charge in [-0.2, -0.15) is 0 Å². The van der Waals surface area contributed by atoms with Crippen LogP contribution in [-0.4, -0.2) is 82.7 Å². The number of aliphatic hydroxyl groups is 1. The van der Waals surface area contributed by atoms with E-state index in [2.05, 4.69) is 13.2 Å². The van der Waals surface area contributed by atoms with Crippen molar-refractivity contribution in [2.24, 2.45) is 11.8 Å². The van der Waals surface area contributed by atoms with Gasteiger partial charge in [0, 0.05) is 30.8 Å². The Labute approximate surface area is 229 Å². The molecule has 1 N–H and O–H groups in total. The van der Waals surface area contributed by atoms with Crippen LogP contribution in [0.3, 0.4) is 0 Å². The summed E-state index contributed by atoms with van der Waals surface area (Å²) in [6, 6.07) is 5.32. The van der Waals surface area contributed by atoms with Crippen LogP contribution in [0.25, 0.3) is 0 Å². The Bertz CT molecular complexity index is 1110. The van der Waals surface area contributed by atoms with E-state index in [1.807, 2.05) is 13.8 Å². The van der Waals surface area contributed by atoms with Crippen LogP contribution in [-0.2, 0) is 19.1 Å². The molecule has 0 aromatic heterocycles. The maximum atomic E-state index is 14.5. The van der Waals surface area contributed by atoms with Gasteiger partial charge in [-0.05, 0) is 49.9 Å². The molecule has 0 saturated carbocycles. The van der Waals surface area contributed by atoms with Crippen molar-refractivity contribution in [2.45, 2.75) is 62.8 Å². The van der Waals surface area contributed by atoms with E-state index >= 15 is 0 Å². The van der Waals surface area contributed by atoms with Crippen molar-refractivity contribution < 1.29 is 24.2 Å². The smallest absolute Gasteiger partial charge is 0.253 e. The van der Waals surface area contributed by atoms with Gasteiger partial charge in [0.05, 0.1) is 30.1 Å². The number of likely N-dealkylation sites (N-methyl/N-ethyl adjacent to an activating group) is 1. The molecule has 0 aliphatic carbocycles. The Morgan fingerprint density at radius 3 is 2.39 bits per heavy atom. The van der Waals surface area contributed by atoms with E-state index < -0.39 is 35.1 Å². The quantitative estimate of drug-likeness (QED) is 0.432. The number of hydrogen-bond donors (Lipinski definition) is 1.